The molecule has 1 atom stereocenters. The summed E-state index contributed by atoms with van der Waals surface area (Å²) in [5.41, 5.74) is 1.53. The molecule has 1 unspecified atom stereocenters. The SMILES string of the molecule is CC1=NC(=Cc2ccc(C(Br)C(=O)O)c(Br)c2)C(=O)O1. The molecular formula is C13H9Br2NO4. The van der Waals surface area contributed by atoms with Crippen LogP contribution in [0.25, 0.3) is 6.08 Å². The number of carboxylic acids is 1. The molecular weight excluding hydrogens is 394 g/mol. The van der Waals surface area contributed by atoms with Gasteiger partial charge in [0.2, 0.25) is 0 Å². The summed E-state index contributed by atoms with van der Waals surface area (Å²) in [6, 6.07) is 5.09. The Morgan fingerprint density at radius 1 is 1.50 bits per heavy atom. The van der Waals surface area contributed by atoms with E-state index < -0.39 is 16.8 Å². The number of benzene rings is 1. The van der Waals surface area contributed by atoms with E-state index >= 15 is 0 Å². The van der Waals surface area contributed by atoms with Crippen LogP contribution in [0.4, 0.5) is 0 Å². The van der Waals surface area contributed by atoms with Gasteiger partial charge in [-0.15, -0.1) is 0 Å². The highest BCUT2D eigenvalue weighted by molar-refractivity contribution is 9.11. The first-order valence-corrected chi connectivity index (χ1v) is 7.25. The number of alkyl halides is 1. The van der Waals surface area contributed by atoms with Gasteiger partial charge in [0.25, 0.3) is 0 Å². The molecule has 20 heavy (non-hydrogen) atoms. The monoisotopic (exact) mass is 401 g/mol. The second-order valence-electron chi connectivity index (χ2n) is 4.03. The standard InChI is InChI=1S/C13H9Br2NO4/c1-6-16-10(13(19)20-6)5-7-2-3-8(9(14)4-7)11(15)12(17)18/h2-5,11H,1H3,(H,17,18). The highest BCUT2D eigenvalue weighted by Gasteiger charge is 2.21. The molecule has 104 valence electrons. The van der Waals surface area contributed by atoms with Gasteiger partial charge in [0.1, 0.15) is 4.83 Å². The van der Waals surface area contributed by atoms with Gasteiger partial charge < -0.3 is 9.84 Å². The van der Waals surface area contributed by atoms with Gasteiger partial charge in [0.05, 0.1) is 0 Å². The maximum absolute atomic E-state index is 11.4. The quantitative estimate of drug-likeness (QED) is 0.478. The van der Waals surface area contributed by atoms with E-state index in [1.807, 2.05) is 0 Å². The molecule has 0 saturated carbocycles. The lowest BCUT2D eigenvalue weighted by molar-refractivity contribution is -0.136. The summed E-state index contributed by atoms with van der Waals surface area (Å²) in [6.45, 7) is 1.60. The summed E-state index contributed by atoms with van der Waals surface area (Å²) in [5.74, 6) is -1.16. The average Bonchev–Trinajstić information content (AvgIpc) is 2.67. The smallest absolute Gasteiger partial charge is 0.363 e. The summed E-state index contributed by atoms with van der Waals surface area (Å²) in [6.07, 6.45) is 1.58. The van der Waals surface area contributed by atoms with Crippen molar-refractivity contribution in [3.8, 4) is 0 Å². The van der Waals surface area contributed by atoms with Crippen molar-refractivity contribution in [3.05, 3.63) is 39.5 Å². The number of aliphatic carboxylic acids is 1. The Bertz CT molecular complexity index is 652. The Labute approximate surface area is 131 Å². The summed E-state index contributed by atoms with van der Waals surface area (Å²) in [5, 5.41) is 8.96. The highest BCUT2D eigenvalue weighted by Crippen LogP contribution is 2.31. The predicted molar refractivity (Wildman–Crippen MR) is 80.6 cm³/mol. The molecule has 0 aromatic heterocycles. The lowest BCUT2D eigenvalue weighted by Crippen LogP contribution is -2.05. The normalized spacial score (nSPS) is 17.9. The topological polar surface area (TPSA) is 76.0 Å². The van der Waals surface area contributed by atoms with Crippen LogP contribution in [0.5, 0.6) is 0 Å². The van der Waals surface area contributed by atoms with E-state index in [0.717, 1.165) is 5.56 Å². The van der Waals surface area contributed by atoms with Crippen molar-refractivity contribution in [2.75, 3.05) is 0 Å². The predicted octanol–water partition coefficient (Wildman–Crippen LogP) is 3.29. The van der Waals surface area contributed by atoms with Crippen molar-refractivity contribution in [2.45, 2.75) is 11.8 Å². The van der Waals surface area contributed by atoms with E-state index in [-0.39, 0.29) is 5.70 Å². The third kappa shape index (κ3) is 3.16. The van der Waals surface area contributed by atoms with E-state index in [4.69, 9.17) is 9.84 Å². The van der Waals surface area contributed by atoms with E-state index in [2.05, 4.69) is 36.9 Å². The minimum Gasteiger partial charge on any atom is -0.480 e. The molecule has 2 rings (SSSR count). The molecule has 0 bridgehead atoms. The van der Waals surface area contributed by atoms with Gasteiger partial charge >= 0.3 is 11.9 Å². The number of hydrogen-bond donors (Lipinski definition) is 1. The molecule has 7 heteroatoms. The fraction of sp³-hybridized carbons (Fsp3) is 0.154. The molecule has 1 N–H and O–H groups in total. The maximum Gasteiger partial charge on any atom is 0.363 e. The number of carbonyl (C=O) groups is 2. The van der Waals surface area contributed by atoms with Crippen LogP contribution in [0.15, 0.2) is 33.4 Å². The van der Waals surface area contributed by atoms with Gasteiger partial charge in [0, 0.05) is 11.4 Å². The van der Waals surface area contributed by atoms with Crippen molar-refractivity contribution in [1.29, 1.82) is 0 Å². The van der Waals surface area contributed by atoms with Crippen LogP contribution in [-0.4, -0.2) is 22.9 Å². The molecule has 0 saturated heterocycles. The number of ether oxygens (including phenoxy) is 1. The Morgan fingerprint density at radius 3 is 2.70 bits per heavy atom. The fourth-order valence-corrected chi connectivity index (χ4v) is 2.98. The van der Waals surface area contributed by atoms with E-state index in [1.54, 1.807) is 31.2 Å². The molecule has 5 nitrogen and oxygen atoms in total. The first-order chi connectivity index (χ1) is 9.38. The third-order valence-corrected chi connectivity index (χ3v) is 4.12. The van der Waals surface area contributed by atoms with Crippen molar-refractivity contribution in [2.24, 2.45) is 4.99 Å². The molecule has 0 fully saturated rings. The molecule has 1 aliphatic heterocycles. The summed E-state index contributed by atoms with van der Waals surface area (Å²) < 4.78 is 5.44. The minimum atomic E-state index is -0.976. The summed E-state index contributed by atoms with van der Waals surface area (Å²) in [7, 11) is 0. The van der Waals surface area contributed by atoms with Crippen molar-refractivity contribution in [3.63, 3.8) is 0 Å². The van der Waals surface area contributed by atoms with Crippen molar-refractivity contribution >= 4 is 55.8 Å². The van der Waals surface area contributed by atoms with Crippen LogP contribution < -0.4 is 0 Å². The summed E-state index contributed by atoms with van der Waals surface area (Å²) >= 11 is 6.41. The van der Waals surface area contributed by atoms with Gasteiger partial charge in [-0.25, -0.2) is 9.79 Å². The fourth-order valence-electron chi connectivity index (χ4n) is 1.65. The molecule has 0 amide bonds. The van der Waals surface area contributed by atoms with Gasteiger partial charge in [-0.3, -0.25) is 4.79 Å². The van der Waals surface area contributed by atoms with Gasteiger partial charge in [0.15, 0.2) is 11.6 Å². The van der Waals surface area contributed by atoms with Crippen LogP contribution >= 0.6 is 31.9 Å². The zero-order valence-corrected chi connectivity index (χ0v) is 13.4. The first kappa shape index (κ1) is 14.9. The highest BCUT2D eigenvalue weighted by atomic mass is 79.9. The van der Waals surface area contributed by atoms with Gasteiger partial charge in [-0.2, -0.15) is 0 Å². The molecule has 1 aromatic rings. The second kappa shape index (κ2) is 5.88. The number of halogens is 2. The van der Waals surface area contributed by atoms with Crippen LogP contribution in [-0.2, 0) is 14.3 Å². The molecule has 1 heterocycles. The largest absolute Gasteiger partial charge is 0.480 e. The maximum atomic E-state index is 11.4. The number of nitrogens with zero attached hydrogens (tertiary/aromatic N) is 1. The van der Waals surface area contributed by atoms with Crippen LogP contribution in [0.3, 0.4) is 0 Å². The second-order valence-corrected chi connectivity index (χ2v) is 5.80. The lowest BCUT2D eigenvalue weighted by atomic mass is 10.1. The summed E-state index contributed by atoms with van der Waals surface area (Å²) in [4.78, 5) is 25.5. The lowest BCUT2D eigenvalue weighted by Gasteiger charge is -2.08. The number of carboxylic acid groups (broad SMARTS) is 1. The number of carbonyl (C=O) groups excluding carboxylic acids is 1. The third-order valence-electron chi connectivity index (χ3n) is 2.55. The van der Waals surface area contributed by atoms with E-state index in [0.29, 0.717) is 15.9 Å². The Kier molecular flexibility index (Phi) is 4.39. The number of esters is 1. The van der Waals surface area contributed by atoms with E-state index in [9.17, 15) is 9.59 Å². The van der Waals surface area contributed by atoms with Crippen LogP contribution in [0.1, 0.15) is 22.9 Å². The van der Waals surface area contributed by atoms with Crippen molar-refractivity contribution < 1.29 is 19.4 Å². The van der Waals surface area contributed by atoms with Crippen LogP contribution in [0.2, 0.25) is 0 Å². The number of rotatable bonds is 3. The molecule has 1 aromatic carbocycles. The zero-order chi connectivity index (χ0) is 14.9. The Morgan fingerprint density at radius 2 is 2.20 bits per heavy atom. The van der Waals surface area contributed by atoms with Crippen LogP contribution in [0, 0.1) is 0 Å². The number of aliphatic imine (C=N–C) groups is 1. The molecule has 1 aliphatic rings. The average molecular weight is 403 g/mol. The molecule has 0 radical (unpaired) electrons. The molecule has 0 aliphatic carbocycles. The first-order valence-electron chi connectivity index (χ1n) is 5.54. The number of cyclic esters (lactones) is 1. The molecule has 0 spiro atoms. The number of hydrogen-bond acceptors (Lipinski definition) is 4. The van der Waals surface area contributed by atoms with Gasteiger partial charge in [-0.1, -0.05) is 44.0 Å². The Hall–Kier alpha value is -1.47. The Balaban J connectivity index is 2.33. The zero-order valence-electron chi connectivity index (χ0n) is 10.3. The minimum absolute atomic E-state index is 0.218. The van der Waals surface area contributed by atoms with Gasteiger partial charge in [-0.05, 0) is 23.3 Å². The van der Waals surface area contributed by atoms with Crippen molar-refractivity contribution in [1.82, 2.24) is 0 Å². The van der Waals surface area contributed by atoms with E-state index in [1.165, 1.54) is 0 Å².